The molecule has 1 aliphatic heterocycles. The third kappa shape index (κ3) is 2.72. The van der Waals surface area contributed by atoms with E-state index < -0.39 is 16.1 Å². The number of halogens is 1. The van der Waals surface area contributed by atoms with Gasteiger partial charge in [-0.1, -0.05) is 18.5 Å². The van der Waals surface area contributed by atoms with Gasteiger partial charge in [0.05, 0.1) is 10.4 Å². The van der Waals surface area contributed by atoms with Crippen molar-refractivity contribution in [3.05, 3.63) is 16.5 Å². The molecule has 0 amide bonds. The molecule has 4 nitrogen and oxygen atoms in total. The second-order valence-electron chi connectivity index (χ2n) is 4.45. The van der Waals surface area contributed by atoms with Crippen LogP contribution in [0.15, 0.2) is 16.3 Å². The molecule has 1 N–H and O–H groups in total. The van der Waals surface area contributed by atoms with Crippen LogP contribution >= 0.6 is 22.9 Å². The minimum Gasteiger partial charge on any atom is -0.393 e. The van der Waals surface area contributed by atoms with Crippen molar-refractivity contribution in [2.45, 2.75) is 30.1 Å². The predicted molar refractivity (Wildman–Crippen MR) is 72.5 cm³/mol. The SMILES string of the molecule is CCC1CN(S(=O)(=O)c2ccc(Cl)s2)CCC1O. The molecule has 18 heavy (non-hydrogen) atoms. The Hall–Kier alpha value is -0.140. The van der Waals surface area contributed by atoms with Gasteiger partial charge in [0.2, 0.25) is 0 Å². The standard InChI is InChI=1S/C11H16ClNO3S2/c1-2-8-7-13(6-5-9(8)14)18(15,16)11-4-3-10(12)17-11/h3-4,8-9,14H,2,5-7H2,1H3. The number of nitrogens with zero attached hydrogens (tertiary/aromatic N) is 1. The molecule has 2 atom stereocenters. The molecule has 0 aromatic carbocycles. The van der Waals surface area contributed by atoms with E-state index in [0.29, 0.717) is 23.8 Å². The Morgan fingerprint density at radius 1 is 1.56 bits per heavy atom. The van der Waals surface area contributed by atoms with E-state index in [9.17, 15) is 13.5 Å². The first kappa shape index (κ1) is 14.3. The van der Waals surface area contributed by atoms with E-state index in [1.807, 2.05) is 6.92 Å². The Morgan fingerprint density at radius 3 is 2.83 bits per heavy atom. The minimum absolute atomic E-state index is 0.0176. The highest BCUT2D eigenvalue weighted by atomic mass is 35.5. The van der Waals surface area contributed by atoms with Gasteiger partial charge in [0.1, 0.15) is 4.21 Å². The second-order valence-corrected chi connectivity index (χ2v) is 8.33. The topological polar surface area (TPSA) is 57.6 Å². The lowest BCUT2D eigenvalue weighted by atomic mass is 9.94. The number of aliphatic hydroxyl groups excluding tert-OH is 1. The van der Waals surface area contributed by atoms with Gasteiger partial charge in [-0.2, -0.15) is 4.31 Å². The number of hydrogen-bond acceptors (Lipinski definition) is 4. The Bertz CT molecular complexity index is 514. The van der Waals surface area contributed by atoms with Crippen LogP contribution in [0, 0.1) is 5.92 Å². The van der Waals surface area contributed by atoms with Crippen molar-refractivity contribution in [2.75, 3.05) is 13.1 Å². The molecule has 0 aliphatic carbocycles. The average Bonchev–Trinajstić information content (AvgIpc) is 2.77. The van der Waals surface area contributed by atoms with E-state index >= 15 is 0 Å². The van der Waals surface area contributed by atoms with Crippen LogP contribution in [0.4, 0.5) is 0 Å². The third-order valence-corrected chi connectivity index (χ3v) is 6.89. The Morgan fingerprint density at radius 2 is 2.28 bits per heavy atom. The molecule has 0 bridgehead atoms. The molecule has 2 heterocycles. The zero-order valence-corrected chi connectivity index (χ0v) is 12.4. The highest BCUT2D eigenvalue weighted by Gasteiger charge is 2.34. The molecular weight excluding hydrogens is 294 g/mol. The van der Waals surface area contributed by atoms with Gasteiger partial charge in [0.25, 0.3) is 10.0 Å². The van der Waals surface area contributed by atoms with E-state index in [1.54, 1.807) is 6.07 Å². The Labute approximate surface area is 116 Å². The van der Waals surface area contributed by atoms with Crippen molar-refractivity contribution in [1.82, 2.24) is 4.31 Å². The van der Waals surface area contributed by atoms with Crippen molar-refractivity contribution in [3.63, 3.8) is 0 Å². The van der Waals surface area contributed by atoms with Gasteiger partial charge in [-0.05, 0) is 30.9 Å². The van der Waals surface area contributed by atoms with E-state index in [4.69, 9.17) is 11.6 Å². The fourth-order valence-corrected chi connectivity index (χ4v) is 5.32. The van der Waals surface area contributed by atoms with Crippen LogP contribution < -0.4 is 0 Å². The van der Waals surface area contributed by atoms with Gasteiger partial charge >= 0.3 is 0 Å². The first-order chi connectivity index (χ1) is 8.45. The number of sulfonamides is 1. The molecule has 0 saturated carbocycles. The smallest absolute Gasteiger partial charge is 0.252 e. The summed E-state index contributed by atoms with van der Waals surface area (Å²) in [5.41, 5.74) is 0. The summed E-state index contributed by atoms with van der Waals surface area (Å²) in [5.74, 6) is 0.0176. The third-order valence-electron chi connectivity index (χ3n) is 3.32. The molecule has 1 saturated heterocycles. The maximum absolute atomic E-state index is 12.4. The monoisotopic (exact) mass is 309 g/mol. The first-order valence-corrected chi connectivity index (χ1v) is 8.52. The summed E-state index contributed by atoms with van der Waals surface area (Å²) in [6.45, 7) is 2.72. The van der Waals surface area contributed by atoms with Crippen molar-refractivity contribution in [3.8, 4) is 0 Å². The maximum Gasteiger partial charge on any atom is 0.252 e. The van der Waals surface area contributed by atoms with Crippen molar-refractivity contribution in [1.29, 1.82) is 0 Å². The fourth-order valence-electron chi connectivity index (χ4n) is 2.17. The van der Waals surface area contributed by atoms with Crippen LogP contribution in [0.2, 0.25) is 4.34 Å². The van der Waals surface area contributed by atoms with Crippen molar-refractivity contribution >= 4 is 33.0 Å². The molecular formula is C11H16ClNO3S2. The number of thiophene rings is 1. The van der Waals surface area contributed by atoms with Gasteiger partial charge < -0.3 is 5.11 Å². The van der Waals surface area contributed by atoms with E-state index in [0.717, 1.165) is 17.8 Å². The van der Waals surface area contributed by atoms with Crippen molar-refractivity contribution in [2.24, 2.45) is 5.92 Å². The predicted octanol–water partition coefficient (Wildman–Crippen LogP) is 2.18. The quantitative estimate of drug-likeness (QED) is 0.931. The van der Waals surface area contributed by atoms with E-state index in [-0.39, 0.29) is 10.1 Å². The van der Waals surface area contributed by atoms with Gasteiger partial charge in [-0.25, -0.2) is 8.42 Å². The van der Waals surface area contributed by atoms with Crippen LogP contribution in [0.5, 0.6) is 0 Å². The Balaban J connectivity index is 2.21. The molecule has 1 aromatic rings. The summed E-state index contributed by atoms with van der Waals surface area (Å²) in [6.07, 6.45) is 0.878. The number of piperidine rings is 1. The molecule has 2 unspecified atom stereocenters. The summed E-state index contributed by atoms with van der Waals surface area (Å²) < 4.78 is 26.9. The lowest BCUT2D eigenvalue weighted by Crippen LogP contribution is -2.45. The highest BCUT2D eigenvalue weighted by molar-refractivity contribution is 7.91. The van der Waals surface area contributed by atoms with Crippen LogP contribution in [-0.2, 0) is 10.0 Å². The van der Waals surface area contributed by atoms with Gasteiger partial charge in [0.15, 0.2) is 0 Å². The van der Waals surface area contributed by atoms with Crippen LogP contribution in [0.1, 0.15) is 19.8 Å². The summed E-state index contributed by atoms with van der Waals surface area (Å²) in [4.78, 5) is 0. The van der Waals surface area contributed by atoms with Crippen LogP contribution in [0.25, 0.3) is 0 Å². The molecule has 1 fully saturated rings. The largest absolute Gasteiger partial charge is 0.393 e. The van der Waals surface area contributed by atoms with Gasteiger partial charge in [0, 0.05) is 13.1 Å². The average molecular weight is 310 g/mol. The molecule has 0 spiro atoms. The molecule has 0 radical (unpaired) electrons. The Kier molecular flexibility index (Phi) is 4.33. The second kappa shape index (κ2) is 5.46. The highest BCUT2D eigenvalue weighted by Crippen LogP contribution is 2.31. The zero-order chi connectivity index (χ0) is 13.3. The van der Waals surface area contributed by atoms with E-state index in [1.165, 1.54) is 10.4 Å². The number of aliphatic hydroxyl groups is 1. The molecule has 102 valence electrons. The number of hydrogen-bond donors (Lipinski definition) is 1. The van der Waals surface area contributed by atoms with E-state index in [2.05, 4.69) is 0 Å². The molecule has 7 heteroatoms. The molecule has 1 aromatic heterocycles. The normalized spacial score (nSPS) is 26.4. The minimum atomic E-state index is -3.45. The lowest BCUT2D eigenvalue weighted by molar-refractivity contribution is 0.0521. The first-order valence-electron chi connectivity index (χ1n) is 5.88. The summed E-state index contributed by atoms with van der Waals surface area (Å²) in [6, 6.07) is 3.13. The summed E-state index contributed by atoms with van der Waals surface area (Å²) in [7, 11) is -3.45. The maximum atomic E-state index is 12.4. The van der Waals surface area contributed by atoms with Crippen molar-refractivity contribution < 1.29 is 13.5 Å². The lowest BCUT2D eigenvalue weighted by Gasteiger charge is -2.34. The van der Waals surface area contributed by atoms with Gasteiger partial charge in [-0.15, -0.1) is 11.3 Å². The van der Waals surface area contributed by atoms with Crippen LogP contribution in [0.3, 0.4) is 0 Å². The molecule has 1 aliphatic rings. The van der Waals surface area contributed by atoms with Crippen LogP contribution in [-0.4, -0.2) is 37.0 Å². The zero-order valence-electron chi connectivity index (χ0n) is 10.0. The number of rotatable bonds is 3. The van der Waals surface area contributed by atoms with Gasteiger partial charge in [-0.3, -0.25) is 0 Å². The summed E-state index contributed by atoms with van der Waals surface area (Å²) in [5, 5.41) is 9.79. The summed E-state index contributed by atoms with van der Waals surface area (Å²) >= 11 is 6.85. The fraction of sp³-hybridized carbons (Fsp3) is 0.636. The molecule has 2 rings (SSSR count).